The second kappa shape index (κ2) is 5.05. The lowest BCUT2D eigenvalue weighted by Gasteiger charge is -1.91. The van der Waals surface area contributed by atoms with Gasteiger partial charge in [0.15, 0.2) is 0 Å². The summed E-state index contributed by atoms with van der Waals surface area (Å²) in [5.41, 5.74) is 0. The Labute approximate surface area is 39.6 Å². The number of hydrogen-bond acceptors (Lipinski definition) is 2. The summed E-state index contributed by atoms with van der Waals surface area (Å²) in [4.78, 5) is 0. The van der Waals surface area contributed by atoms with Crippen LogP contribution < -0.4 is 0 Å². The number of rotatable bonds is 3. The SMILES string of the molecule is BOBOCC. The zero-order chi connectivity index (χ0) is 4.83. The van der Waals surface area contributed by atoms with E-state index in [1.54, 1.807) is 8.05 Å². The number of hydrogen-bond donors (Lipinski definition) is 0. The summed E-state index contributed by atoms with van der Waals surface area (Å²) < 4.78 is 9.32. The van der Waals surface area contributed by atoms with E-state index in [9.17, 15) is 0 Å². The van der Waals surface area contributed by atoms with Crippen LogP contribution in [0.3, 0.4) is 0 Å². The zero-order valence-electron chi connectivity index (χ0n) is 4.23. The van der Waals surface area contributed by atoms with Gasteiger partial charge in [0.25, 0.3) is 0 Å². The minimum absolute atomic E-state index is 0.413. The van der Waals surface area contributed by atoms with E-state index in [4.69, 9.17) is 4.65 Å². The third-order valence-electron chi connectivity index (χ3n) is 0.405. The molecule has 0 atom stereocenters. The molecule has 0 radical (unpaired) electrons. The highest BCUT2D eigenvalue weighted by Gasteiger charge is 1.78. The van der Waals surface area contributed by atoms with Crippen molar-refractivity contribution < 1.29 is 9.23 Å². The highest BCUT2D eigenvalue weighted by Crippen LogP contribution is 1.64. The maximum Gasteiger partial charge on any atom is 0.422 e. The Kier molecular flexibility index (Phi) is 5.09. The average molecular weight is 85.7 g/mol. The predicted octanol–water partition coefficient (Wildman–Crippen LogP) is -1.15. The van der Waals surface area contributed by atoms with E-state index in [0.717, 1.165) is 6.61 Å². The van der Waals surface area contributed by atoms with Crippen LogP contribution >= 0.6 is 0 Å². The van der Waals surface area contributed by atoms with Crippen LogP contribution in [0.5, 0.6) is 0 Å². The standard InChI is InChI=1S/C2H8B2O2/c1-2-5-4-6-3/h4H,2-3H2,1H3. The zero-order valence-corrected chi connectivity index (χ0v) is 4.23. The molecular weight excluding hydrogens is 77.6 g/mol. The van der Waals surface area contributed by atoms with E-state index in [1.807, 2.05) is 6.92 Å². The highest BCUT2D eigenvalue weighted by molar-refractivity contribution is 6.27. The van der Waals surface area contributed by atoms with Crippen molar-refractivity contribution in [3.8, 4) is 0 Å². The predicted molar refractivity (Wildman–Crippen MR) is 28.4 cm³/mol. The molecule has 0 saturated carbocycles. The van der Waals surface area contributed by atoms with Gasteiger partial charge in [-0.05, 0) is 6.92 Å². The second-order valence-corrected chi connectivity index (χ2v) is 0.899. The second-order valence-electron chi connectivity index (χ2n) is 0.899. The summed E-state index contributed by atoms with van der Waals surface area (Å²) in [7, 11) is 2.02. The monoisotopic (exact) mass is 86.1 g/mol. The van der Waals surface area contributed by atoms with Crippen molar-refractivity contribution in [1.29, 1.82) is 0 Å². The lowest BCUT2D eigenvalue weighted by atomic mass is 10.3. The molecule has 0 aliphatic carbocycles. The molecule has 0 fully saturated rings. The molecule has 0 saturated heterocycles. The largest absolute Gasteiger partial charge is 0.483 e. The van der Waals surface area contributed by atoms with Gasteiger partial charge in [0.1, 0.15) is 0 Å². The van der Waals surface area contributed by atoms with Crippen molar-refractivity contribution in [3.63, 3.8) is 0 Å². The van der Waals surface area contributed by atoms with Crippen molar-refractivity contribution in [2.75, 3.05) is 6.61 Å². The molecule has 6 heavy (non-hydrogen) atoms. The van der Waals surface area contributed by atoms with Crippen LogP contribution in [0.2, 0.25) is 0 Å². The first kappa shape index (κ1) is 6.05. The minimum Gasteiger partial charge on any atom is -0.483 e. The van der Waals surface area contributed by atoms with Crippen molar-refractivity contribution >= 4 is 15.7 Å². The fourth-order valence-corrected chi connectivity index (χ4v) is 0.167. The fraction of sp³-hybridized carbons (Fsp3) is 1.00. The summed E-state index contributed by atoms with van der Waals surface area (Å²) in [6, 6.07) is 0. The van der Waals surface area contributed by atoms with Crippen molar-refractivity contribution in [2.45, 2.75) is 6.92 Å². The summed E-state index contributed by atoms with van der Waals surface area (Å²) in [6.07, 6.45) is 0. The van der Waals surface area contributed by atoms with Gasteiger partial charge in [-0.3, -0.25) is 0 Å². The van der Waals surface area contributed by atoms with Gasteiger partial charge in [0, 0.05) is 6.61 Å². The van der Waals surface area contributed by atoms with Crippen molar-refractivity contribution in [3.05, 3.63) is 0 Å². The topological polar surface area (TPSA) is 18.5 Å². The molecule has 0 bridgehead atoms. The van der Waals surface area contributed by atoms with E-state index in [0.29, 0.717) is 7.69 Å². The van der Waals surface area contributed by atoms with E-state index in [2.05, 4.69) is 4.57 Å². The first-order chi connectivity index (χ1) is 2.91. The van der Waals surface area contributed by atoms with Gasteiger partial charge in [0.2, 0.25) is 8.05 Å². The summed E-state index contributed by atoms with van der Waals surface area (Å²) in [5.74, 6) is 0. The molecule has 0 aromatic heterocycles. The minimum atomic E-state index is 0.413. The molecule has 34 valence electrons. The molecule has 0 aliphatic rings. The van der Waals surface area contributed by atoms with Crippen LogP contribution in [-0.4, -0.2) is 22.3 Å². The fourth-order valence-electron chi connectivity index (χ4n) is 0.167. The Morgan fingerprint density at radius 3 is 2.67 bits per heavy atom. The van der Waals surface area contributed by atoms with Crippen LogP contribution in [0, 0.1) is 0 Å². The van der Waals surface area contributed by atoms with Gasteiger partial charge >= 0.3 is 7.69 Å². The smallest absolute Gasteiger partial charge is 0.422 e. The third-order valence-corrected chi connectivity index (χ3v) is 0.405. The van der Waals surface area contributed by atoms with Gasteiger partial charge in [-0.2, -0.15) is 0 Å². The molecule has 0 unspecified atom stereocenters. The molecule has 0 heterocycles. The lowest BCUT2D eigenvalue weighted by molar-refractivity contribution is 0.314. The van der Waals surface area contributed by atoms with Gasteiger partial charge in [-0.15, -0.1) is 0 Å². The molecule has 0 amide bonds. The lowest BCUT2D eigenvalue weighted by Crippen LogP contribution is -2.00. The molecule has 0 rings (SSSR count). The van der Waals surface area contributed by atoms with Crippen molar-refractivity contribution in [2.24, 2.45) is 0 Å². The molecule has 0 aromatic carbocycles. The molecule has 0 aromatic rings. The maximum absolute atomic E-state index is 4.76. The third kappa shape index (κ3) is 4.05. The van der Waals surface area contributed by atoms with Crippen LogP contribution in [0.15, 0.2) is 0 Å². The average Bonchev–Trinajstić information content (AvgIpc) is 1.61. The van der Waals surface area contributed by atoms with Crippen LogP contribution in [0.25, 0.3) is 0 Å². The van der Waals surface area contributed by atoms with E-state index >= 15 is 0 Å². The molecule has 4 heteroatoms. The Bertz CT molecular complexity index is 21.5. The molecule has 2 nitrogen and oxygen atoms in total. The van der Waals surface area contributed by atoms with Gasteiger partial charge in [-0.1, -0.05) is 0 Å². The van der Waals surface area contributed by atoms with Crippen LogP contribution in [-0.2, 0) is 9.23 Å². The molecule has 0 N–H and O–H groups in total. The first-order valence-electron chi connectivity index (χ1n) is 1.98. The van der Waals surface area contributed by atoms with Crippen molar-refractivity contribution in [1.82, 2.24) is 0 Å². The Balaban J connectivity index is 2.34. The van der Waals surface area contributed by atoms with Crippen LogP contribution in [0.1, 0.15) is 6.92 Å². The van der Waals surface area contributed by atoms with Gasteiger partial charge < -0.3 is 9.23 Å². The summed E-state index contributed by atoms with van der Waals surface area (Å²) >= 11 is 0. The Morgan fingerprint density at radius 1 is 1.83 bits per heavy atom. The van der Waals surface area contributed by atoms with Gasteiger partial charge in [-0.25, -0.2) is 0 Å². The first-order valence-corrected chi connectivity index (χ1v) is 1.98. The molecular formula is C2H8B2O2. The summed E-state index contributed by atoms with van der Waals surface area (Å²) in [6.45, 7) is 2.66. The Hall–Kier alpha value is 0.0499. The quantitative estimate of drug-likeness (QED) is 0.319. The Morgan fingerprint density at radius 2 is 2.50 bits per heavy atom. The molecule has 0 spiro atoms. The maximum atomic E-state index is 4.76. The molecule has 0 aliphatic heterocycles. The normalized spacial score (nSPS) is 8.17. The highest BCUT2D eigenvalue weighted by atomic mass is 16.6. The van der Waals surface area contributed by atoms with Crippen LogP contribution in [0.4, 0.5) is 0 Å². The van der Waals surface area contributed by atoms with E-state index in [-0.39, 0.29) is 0 Å². The summed E-state index contributed by atoms with van der Waals surface area (Å²) in [5, 5.41) is 0. The van der Waals surface area contributed by atoms with Gasteiger partial charge in [0.05, 0.1) is 0 Å². The van der Waals surface area contributed by atoms with E-state index < -0.39 is 0 Å². The van der Waals surface area contributed by atoms with E-state index in [1.165, 1.54) is 0 Å².